The highest BCUT2D eigenvalue weighted by atomic mass is 32.2. The first kappa shape index (κ1) is 15.1. The maximum Gasteiger partial charge on any atom is 0.138 e. The second kappa shape index (κ2) is 8.07. The van der Waals surface area contributed by atoms with Gasteiger partial charge in [-0.05, 0) is 25.6 Å². The number of nitrogens with zero attached hydrogens (tertiary/aromatic N) is 3. The first-order valence-electron chi connectivity index (χ1n) is 7.11. The molecule has 0 aliphatic rings. The molecule has 2 aromatic rings. The number of likely N-dealkylation sites (N-methyl/N-ethyl adjacent to an activating group) is 1. The predicted octanol–water partition coefficient (Wildman–Crippen LogP) is 2.61. The van der Waals surface area contributed by atoms with Crippen molar-refractivity contribution in [3.63, 3.8) is 0 Å². The number of hydrogen-bond acceptors (Lipinski definition) is 4. The van der Waals surface area contributed by atoms with Crippen molar-refractivity contribution in [2.24, 2.45) is 0 Å². The number of benzene rings is 1. The van der Waals surface area contributed by atoms with Crippen molar-refractivity contribution in [1.82, 2.24) is 20.1 Å². The lowest BCUT2D eigenvalue weighted by atomic mass is 10.2. The van der Waals surface area contributed by atoms with Gasteiger partial charge in [-0.2, -0.15) is 5.10 Å². The smallest absolute Gasteiger partial charge is 0.138 e. The fourth-order valence-electron chi connectivity index (χ4n) is 2.12. The van der Waals surface area contributed by atoms with Crippen LogP contribution in [0.4, 0.5) is 0 Å². The van der Waals surface area contributed by atoms with Gasteiger partial charge in [0.05, 0.1) is 0 Å². The highest BCUT2D eigenvalue weighted by molar-refractivity contribution is 7.99. The zero-order chi connectivity index (χ0) is 14.2. The van der Waals surface area contributed by atoms with Gasteiger partial charge in [0.2, 0.25) is 0 Å². The summed E-state index contributed by atoms with van der Waals surface area (Å²) in [7, 11) is 0. The molecule has 0 saturated heterocycles. The molecule has 0 amide bonds. The summed E-state index contributed by atoms with van der Waals surface area (Å²) in [4.78, 5) is 5.68. The maximum absolute atomic E-state index is 4.37. The summed E-state index contributed by atoms with van der Waals surface area (Å²) in [5, 5.41) is 7.78. The van der Waals surface area contributed by atoms with Crippen molar-refractivity contribution in [2.75, 3.05) is 12.3 Å². The highest BCUT2D eigenvalue weighted by Crippen LogP contribution is 2.19. The highest BCUT2D eigenvalue weighted by Gasteiger charge is 2.13. The van der Waals surface area contributed by atoms with Gasteiger partial charge in [0.15, 0.2) is 0 Å². The summed E-state index contributed by atoms with van der Waals surface area (Å²) >= 11 is 1.88. The van der Waals surface area contributed by atoms with E-state index in [0.29, 0.717) is 6.04 Å². The van der Waals surface area contributed by atoms with E-state index in [2.05, 4.69) is 59.6 Å². The Bertz CT molecular complexity index is 498. The van der Waals surface area contributed by atoms with Crippen LogP contribution < -0.4 is 5.32 Å². The van der Waals surface area contributed by atoms with Gasteiger partial charge in [0, 0.05) is 29.7 Å². The molecule has 0 bridgehead atoms. The Hall–Kier alpha value is -1.33. The monoisotopic (exact) mass is 290 g/mol. The topological polar surface area (TPSA) is 42.7 Å². The van der Waals surface area contributed by atoms with Crippen LogP contribution in [-0.4, -0.2) is 33.1 Å². The van der Waals surface area contributed by atoms with Crippen molar-refractivity contribution >= 4 is 11.8 Å². The molecule has 1 aromatic carbocycles. The van der Waals surface area contributed by atoms with E-state index in [0.717, 1.165) is 31.1 Å². The van der Waals surface area contributed by atoms with Crippen LogP contribution in [0.2, 0.25) is 0 Å². The predicted molar refractivity (Wildman–Crippen MR) is 84.0 cm³/mol. The Morgan fingerprint density at radius 2 is 2.05 bits per heavy atom. The second-order valence-corrected chi connectivity index (χ2v) is 5.67. The van der Waals surface area contributed by atoms with Crippen LogP contribution >= 0.6 is 11.8 Å². The van der Waals surface area contributed by atoms with Gasteiger partial charge in [-0.3, -0.25) is 4.68 Å². The third kappa shape index (κ3) is 4.35. The van der Waals surface area contributed by atoms with Crippen molar-refractivity contribution in [1.29, 1.82) is 0 Å². The van der Waals surface area contributed by atoms with Crippen LogP contribution in [0.1, 0.15) is 19.7 Å². The van der Waals surface area contributed by atoms with Gasteiger partial charge in [0.1, 0.15) is 12.2 Å². The summed E-state index contributed by atoms with van der Waals surface area (Å²) in [5.74, 6) is 2.10. The molecule has 0 fully saturated rings. The Morgan fingerprint density at radius 3 is 2.75 bits per heavy atom. The molecule has 1 N–H and O–H groups in total. The van der Waals surface area contributed by atoms with Crippen molar-refractivity contribution < 1.29 is 0 Å². The summed E-state index contributed by atoms with van der Waals surface area (Å²) in [5.41, 5.74) is 0. The lowest BCUT2D eigenvalue weighted by Gasteiger charge is -2.17. The van der Waals surface area contributed by atoms with E-state index in [4.69, 9.17) is 0 Å². The van der Waals surface area contributed by atoms with E-state index in [-0.39, 0.29) is 0 Å². The minimum Gasteiger partial charge on any atom is -0.313 e. The molecule has 0 aliphatic heterocycles. The molecular weight excluding hydrogens is 268 g/mol. The van der Waals surface area contributed by atoms with E-state index < -0.39 is 0 Å². The molecular formula is C15H22N4S. The second-order valence-electron chi connectivity index (χ2n) is 4.57. The number of rotatable bonds is 8. The molecule has 2 rings (SSSR count). The van der Waals surface area contributed by atoms with Gasteiger partial charge in [-0.1, -0.05) is 25.1 Å². The zero-order valence-corrected chi connectivity index (χ0v) is 12.9. The first-order chi connectivity index (χ1) is 9.83. The molecule has 0 aliphatic carbocycles. The molecule has 0 saturated carbocycles. The fraction of sp³-hybridized carbons (Fsp3) is 0.467. The van der Waals surface area contributed by atoms with E-state index in [1.54, 1.807) is 6.33 Å². The SMILES string of the molecule is CCNC(CSc1ccccc1)Cc1ncnn1CC. The van der Waals surface area contributed by atoms with Gasteiger partial charge in [-0.15, -0.1) is 11.8 Å². The molecule has 1 aromatic heterocycles. The minimum atomic E-state index is 0.416. The number of aryl methyl sites for hydroxylation is 1. The number of aromatic nitrogens is 3. The average molecular weight is 290 g/mol. The fourth-order valence-corrected chi connectivity index (χ4v) is 3.10. The third-order valence-corrected chi connectivity index (χ3v) is 4.29. The Labute approximate surface area is 125 Å². The van der Waals surface area contributed by atoms with E-state index in [1.165, 1.54) is 4.90 Å². The van der Waals surface area contributed by atoms with Crippen LogP contribution in [0.5, 0.6) is 0 Å². The molecule has 4 nitrogen and oxygen atoms in total. The number of hydrogen-bond donors (Lipinski definition) is 1. The van der Waals surface area contributed by atoms with Crippen LogP contribution in [-0.2, 0) is 13.0 Å². The van der Waals surface area contributed by atoms with Gasteiger partial charge < -0.3 is 5.32 Å². The standard InChI is InChI=1S/C15H22N4S/c1-3-16-13(10-15-17-12-18-19(15)4-2)11-20-14-8-6-5-7-9-14/h5-9,12-13,16H,3-4,10-11H2,1-2H3. The molecule has 0 spiro atoms. The van der Waals surface area contributed by atoms with E-state index >= 15 is 0 Å². The molecule has 1 unspecified atom stereocenters. The quantitative estimate of drug-likeness (QED) is 0.759. The normalized spacial score (nSPS) is 12.5. The lowest BCUT2D eigenvalue weighted by molar-refractivity contribution is 0.527. The zero-order valence-electron chi connectivity index (χ0n) is 12.1. The molecule has 108 valence electrons. The largest absolute Gasteiger partial charge is 0.313 e. The van der Waals surface area contributed by atoms with E-state index in [9.17, 15) is 0 Å². The summed E-state index contributed by atoms with van der Waals surface area (Å²) in [6, 6.07) is 10.9. The van der Waals surface area contributed by atoms with E-state index in [1.807, 2.05) is 16.4 Å². The lowest BCUT2D eigenvalue weighted by Crippen LogP contribution is -2.34. The average Bonchev–Trinajstić information content (AvgIpc) is 2.93. The molecule has 20 heavy (non-hydrogen) atoms. The Morgan fingerprint density at radius 1 is 1.25 bits per heavy atom. The minimum absolute atomic E-state index is 0.416. The van der Waals surface area contributed by atoms with Crippen molar-refractivity contribution in [3.8, 4) is 0 Å². The van der Waals surface area contributed by atoms with Crippen LogP contribution in [0.15, 0.2) is 41.6 Å². The number of nitrogens with one attached hydrogen (secondary N) is 1. The molecule has 1 heterocycles. The molecule has 5 heteroatoms. The van der Waals surface area contributed by atoms with Gasteiger partial charge in [0.25, 0.3) is 0 Å². The Kier molecular flexibility index (Phi) is 6.08. The van der Waals surface area contributed by atoms with Crippen LogP contribution in [0, 0.1) is 0 Å². The Balaban J connectivity index is 1.93. The van der Waals surface area contributed by atoms with Crippen LogP contribution in [0.3, 0.4) is 0 Å². The maximum atomic E-state index is 4.37. The van der Waals surface area contributed by atoms with Gasteiger partial charge in [-0.25, -0.2) is 4.98 Å². The third-order valence-electron chi connectivity index (χ3n) is 3.11. The van der Waals surface area contributed by atoms with Crippen molar-refractivity contribution in [3.05, 3.63) is 42.5 Å². The molecule has 0 radical (unpaired) electrons. The summed E-state index contributed by atoms with van der Waals surface area (Å²) in [6.07, 6.45) is 2.56. The number of thioether (sulfide) groups is 1. The van der Waals surface area contributed by atoms with Crippen molar-refractivity contribution in [2.45, 2.75) is 37.8 Å². The van der Waals surface area contributed by atoms with Crippen LogP contribution in [0.25, 0.3) is 0 Å². The summed E-state index contributed by atoms with van der Waals surface area (Å²) in [6.45, 7) is 6.09. The summed E-state index contributed by atoms with van der Waals surface area (Å²) < 4.78 is 1.97. The molecule has 1 atom stereocenters. The first-order valence-corrected chi connectivity index (χ1v) is 8.10. The van der Waals surface area contributed by atoms with Gasteiger partial charge >= 0.3 is 0 Å².